The molecule has 0 radical (unpaired) electrons. The monoisotopic (exact) mass is 579 g/mol. The van der Waals surface area contributed by atoms with E-state index in [2.05, 4.69) is 172 Å². The van der Waals surface area contributed by atoms with Crippen molar-refractivity contribution in [2.75, 3.05) is 5.32 Å². The van der Waals surface area contributed by atoms with Crippen LogP contribution in [0.15, 0.2) is 91.0 Å². The van der Waals surface area contributed by atoms with Crippen LogP contribution in [0.2, 0.25) is 0 Å². The molecule has 226 valence electrons. The summed E-state index contributed by atoms with van der Waals surface area (Å²) in [5, 5.41) is 6.39. The third kappa shape index (κ3) is 5.36. The molecule has 0 spiro atoms. The number of rotatable bonds is 3. The molecule has 1 nitrogen and oxygen atoms in total. The zero-order chi connectivity index (χ0) is 31.8. The van der Waals surface area contributed by atoms with Crippen LogP contribution in [0.3, 0.4) is 0 Å². The highest BCUT2D eigenvalue weighted by atomic mass is 14.9. The van der Waals surface area contributed by atoms with Crippen LogP contribution in [0.5, 0.6) is 0 Å². The molecule has 0 aromatic heterocycles. The molecule has 0 saturated carbocycles. The molecule has 1 heteroatoms. The predicted octanol–water partition coefficient (Wildman–Crippen LogP) is 12.4. The molecule has 0 heterocycles. The lowest BCUT2D eigenvalue weighted by Crippen LogP contribution is -2.24. The molecule has 44 heavy (non-hydrogen) atoms. The first-order valence-corrected chi connectivity index (χ1v) is 16.2. The van der Waals surface area contributed by atoms with Crippen LogP contribution in [0.1, 0.15) is 104 Å². The van der Waals surface area contributed by atoms with E-state index in [4.69, 9.17) is 0 Å². The average Bonchev–Trinajstić information content (AvgIpc) is 2.94. The van der Waals surface area contributed by atoms with Gasteiger partial charge in [0.05, 0.1) is 0 Å². The number of fused-ring (bicyclic) bond motifs is 2. The summed E-state index contributed by atoms with van der Waals surface area (Å²) in [7, 11) is 0. The van der Waals surface area contributed by atoms with Gasteiger partial charge in [0.15, 0.2) is 0 Å². The Kier molecular flexibility index (Phi) is 6.93. The number of hydrogen-bond donors (Lipinski definition) is 1. The van der Waals surface area contributed by atoms with E-state index in [0.717, 1.165) is 11.4 Å². The Morgan fingerprint density at radius 1 is 0.477 bits per heavy atom. The van der Waals surface area contributed by atoms with E-state index in [-0.39, 0.29) is 21.7 Å². The summed E-state index contributed by atoms with van der Waals surface area (Å²) in [6.07, 6.45) is 0. The second kappa shape index (κ2) is 10.1. The quantitative estimate of drug-likeness (QED) is 0.224. The molecular formula is C43H49N. The highest BCUT2D eigenvalue weighted by molar-refractivity contribution is 6.05. The van der Waals surface area contributed by atoms with E-state index in [1.165, 1.54) is 60.8 Å². The lowest BCUT2D eigenvalue weighted by Gasteiger charge is -2.36. The van der Waals surface area contributed by atoms with E-state index in [1.54, 1.807) is 0 Å². The fourth-order valence-electron chi connectivity index (χ4n) is 6.71. The van der Waals surface area contributed by atoms with Crippen LogP contribution in [0.25, 0.3) is 33.0 Å². The summed E-state index contributed by atoms with van der Waals surface area (Å²) in [5.74, 6) is 0. The van der Waals surface area contributed by atoms with Crippen LogP contribution in [0, 0.1) is 0 Å². The second-order valence-electron chi connectivity index (χ2n) is 16.6. The van der Waals surface area contributed by atoms with E-state index >= 15 is 0 Å². The molecule has 0 unspecified atom stereocenters. The summed E-state index contributed by atoms with van der Waals surface area (Å²) in [4.78, 5) is 0. The maximum absolute atomic E-state index is 3.70. The first-order chi connectivity index (χ1) is 20.4. The zero-order valence-corrected chi connectivity index (χ0v) is 28.7. The molecule has 0 fully saturated rings. The SMILES string of the molecule is CC(C)(C)c1ccc(Nc2ccc3c(c2)C(C)(C)c2cc(-c4cc(C(C)(C)C)cc(C(C)(C)C)c4)cc4cccc-3c24)cc1. The summed E-state index contributed by atoms with van der Waals surface area (Å²) in [6.45, 7) is 25.5. The van der Waals surface area contributed by atoms with Gasteiger partial charge in [-0.15, -0.1) is 0 Å². The molecule has 1 aliphatic rings. The highest BCUT2D eigenvalue weighted by Crippen LogP contribution is 2.50. The molecule has 0 saturated heterocycles. The van der Waals surface area contributed by atoms with Crippen molar-refractivity contribution in [2.45, 2.75) is 97.8 Å². The number of anilines is 2. The smallest absolute Gasteiger partial charge is 0.0387 e. The third-order valence-electron chi connectivity index (χ3n) is 9.67. The van der Waals surface area contributed by atoms with Crippen molar-refractivity contribution in [1.29, 1.82) is 0 Å². The third-order valence-corrected chi connectivity index (χ3v) is 9.67. The minimum absolute atomic E-state index is 0.0724. The number of hydrogen-bond acceptors (Lipinski definition) is 1. The highest BCUT2D eigenvalue weighted by Gasteiger charge is 2.34. The van der Waals surface area contributed by atoms with Gasteiger partial charge in [-0.1, -0.05) is 131 Å². The zero-order valence-electron chi connectivity index (χ0n) is 28.7. The Labute approximate surface area is 265 Å². The van der Waals surface area contributed by atoms with Gasteiger partial charge < -0.3 is 5.32 Å². The molecule has 0 bridgehead atoms. The Balaban J connectivity index is 1.48. The van der Waals surface area contributed by atoms with Gasteiger partial charge in [0.1, 0.15) is 0 Å². The molecular weight excluding hydrogens is 530 g/mol. The first-order valence-electron chi connectivity index (χ1n) is 16.2. The first kappa shape index (κ1) is 30.2. The van der Waals surface area contributed by atoms with Gasteiger partial charge in [-0.05, 0) is 113 Å². The minimum Gasteiger partial charge on any atom is -0.356 e. The van der Waals surface area contributed by atoms with E-state index in [9.17, 15) is 0 Å². The Bertz CT molecular complexity index is 1850. The molecule has 5 aromatic carbocycles. The van der Waals surface area contributed by atoms with Gasteiger partial charge >= 0.3 is 0 Å². The van der Waals surface area contributed by atoms with Gasteiger partial charge in [0, 0.05) is 16.8 Å². The predicted molar refractivity (Wildman–Crippen MR) is 193 cm³/mol. The standard InChI is InChI=1S/C43H49N/c1-40(2,3)30-15-17-33(18-16-30)44-34-19-20-35-36-14-12-13-27-21-28(24-38(39(27)36)43(10,11)37(35)26-34)29-22-31(41(4,5)6)25-32(23-29)42(7,8)9/h12-26,44H,1-11H3. The largest absolute Gasteiger partial charge is 0.356 e. The van der Waals surface area contributed by atoms with Gasteiger partial charge in [-0.3, -0.25) is 0 Å². The molecule has 0 aliphatic heterocycles. The molecule has 1 aliphatic carbocycles. The van der Waals surface area contributed by atoms with Crippen LogP contribution in [0.4, 0.5) is 11.4 Å². The van der Waals surface area contributed by atoms with Crippen molar-refractivity contribution in [3.05, 3.63) is 119 Å². The van der Waals surface area contributed by atoms with Crippen LogP contribution >= 0.6 is 0 Å². The van der Waals surface area contributed by atoms with E-state index < -0.39 is 0 Å². The summed E-state index contributed by atoms with van der Waals surface area (Å²) in [5.41, 5.74) is 14.5. The topological polar surface area (TPSA) is 12.0 Å². The van der Waals surface area contributed by atoms with Crippen molar-refractivity contribution >= 4 is 22.1 Å². The fourth-order valence-corrected chi connectivity index (χ4v) is 6.71. The van der Waals surface area contributed by atoms with Crippen molar-refractivity contribution in [3.63, 3.8) is 0 Å². The van der Waals surface area contributed by atoms with Crippen molar-refractivity contribution in [1.82, 2.24) is 0 Å². The van der Waals surface area contributed by atoms with Gasteiger partial charge in [0.2, 0.25) is 0 Å². The maximum Gasteiger partial charge on any atom is 0.0387 e. The number of nitrogens with one attached hydrogen (secondary N) is 1. The van der Waals surface area contributed by atoms with Crippen molar-refractivity contribution in [2.24, 2.45) is 0 Å². The van der Waals surface area contributed by atoms with Crippen molar-refractivity contribution < 1.29 is 0 Å². The second-order valence-corrected chi connectivity index (χ2v) is 16.6. The molecule has 5 aromatic rings. The summed E-state index contributed by atoms with van der Waals surface area (Å²) >= 11 is 0. The van der Waals surface area contributed by atoms with Gasteiger partial charge in [-0.25, -0.2) is 0 Å². The Morgan fingerprint density at radius 2 is 1.05 bits per heavy atom. The fraction of sp³-hybridized carbons (Fsp3) is 0.349. The number of benzene rings is 5. The van der Waals surface area contributed by atoms with E-state index in [0.29, 0.717) is 0 Å². The van der Waals surface area contributed by atoms with E-state index in [1.807, 2.05) is 0 Å². The molecule has 1 N–H and O–H groups in total. The normalized spacial score (nSPS) is 14.4. The van der Waals surface area contributed by atoms with Gasteiger partial charge in [-0.2, -0.15) is 0 Å². The lowest BCUT2D eigenvalue weighted by molar-refractivity contribution is 0.569. The van der Waals surface area contributed by atoms with Gasteiger partial charge in [0.25, 0.3) is 0 Å². The molecule has 0 atom stereocenters. The average molecular weight is 580 g/mol. The minimum atomic E-state index is -0.166. The maximum atomic E-state index is 3.70. The summed E-state index contributed by atoms with van der Waals surface area (Å²) in [6, 6.07) is 34.8. The lowest BCUT2D eigenvalue weighted by atomic mass is 9.67. The Hall–Kier alpha value is -3.84. The van der Waals surface area contributed by atoms with Crippen LogP contribution in [-0.4, -0.2) is 0 Å². The molecule has 0 amide bonds. The molecule has 6 rings (SSSR count). The van der Waals surface area contributed by atoms with Crippen LogP contribution < -0.4 is 5.32 Å². The van der Waals surface area contributed by atoms with Crippen LogP contribution in [-0.2, 0) is 21.7 Å². The van der Waals surface area contributed by atoms with Crippen molar-refractivity contribution in [3.8, 4) is 22.3 Å². The Morgan fingerprint density at radius 3 is 1.64 bits per heavy atom. The summed E-state index contributed by atoms with van der Waals surface area (Å²) < 4.78 is 0.